The standard InChI is InChI=1S/C14H20F4N2O4S4.2ClH/c15-9-11(17)14(28(23,24)8-6-26-4-2-20)12(18)10(16)13(9)27(21,22)7-5-25-3-1-19;;/h1-8,19-20H2;2*1H. The minimum Gasteiger partial charge on any atom is -0.330 e. The Balaban J connectivity index is 0. The minimum atomic E-state index is -4.74. The highest BCUT2D eigenvalue weighted by Gasteiger charge is 2.37. The van der Waals surface area contributed by atoms with Crippen molar-refractivity contribution in [2.24, 2.45) is 11.5 Å². The summed E-state index contributed by atoms with van der Waals surface area (Å²) in [6.45, 7) is 0.486. The van der Waals surface area contributed by atoms with E-state index in [-0.39, 0.29) is 49.4 Å². The number of nitrogens with two attached hydrogens (primary N) is 2. The molecule has 0 aliphatic carbocycles. The van der Waals surface area contributed by atoms with Gasteiger partial charge < -0.3 is 11.5 Å². The van der Waals surface area contributed by atoms with Crippen LogP contribution >= 0.6 is 48.3 Å². The van der Waals surface area contributed by atoms with E-state index in [1.807, 2.05) is 0 Å². The van der Waals surface area contributed by atoms with E-state index in [9.17, 15) is 34.4 Å². The third-order valence-corrected chi connectivity index (χ3v) is 9.32. The molecule has 1 rings (SSSR count). The van der Waals surface area contributed by atoms with Gasteiger partial charge in [-0.25, -0.2) is 34.4 Å². The van der Waals surface area contributed by atoms with Crippen LogP contribution in [0.3, 0.4) is 0 Å². The number of rotatable bonds is 12. The van der Waals surface area contributed by atoms with Crippen molar-refractivity contribution in [3.63, 3.8) is 0 Å². The second-order valence-corrected chi connectivity index (χ2v) is 11.9. The van der Waals surface area contributed by atoms with Crippen molar-refractivity contribution in [3.05, 3.63) is 23.3 Å². The SMILES string of the molecule is Cl.Cl.NCCSCCS(=O)(=O)c1c(F)c(F)c(S(=O)(=O)CCSCCN)c(F)c1F. The summed E-state index contributed by atoms with van der Waals surface area (Å²) < 4.78 is 106. The predicted octanol–water partition coefficient (Wildman–Crippen LogP) is 2.02. The summed E-state index contributed by atoms with van der Waals surface area (Å²) >= 11 is 2.14. The summed E-state index contributed by atoms with van der Waals surface area (Å²) in [6.07, 6.45) is 0. The van der Waals surface area contributed by atoms with Gasteiger partial charge in [-0.15, -0.1) is 24.8 Å². The summed E-state index contributed by atoms with van der Waals surface area (Å²) in [5, 5.41) is 0. The van der Waals surface area contributed by atoms with E-state index >= 15 is 0 Å². The van der Waals surface area contributed by atoms with Crippen molar-refractivity contribution in [3.8, 4) is 0 Å². The molecule has 0 saturated carbocycles. The van der Waals surface area contributed by atoms with Crippen molar-refractivity contribution >= 4 is 68.0 Å². The van der Waals surface area contributed by atoms with Gasteiger partial charge in [-0.3, -0.25) is 0 Å². The molecule has 16 heteroatoms. The smallest absolute Gasteiger partial charge is 0.185 e. The molecule has 1 aromatic carbocycles. The van der Waals surface area contributed by atoms with Crippen molar-refractivity contribution in [2.75, 3.05) is 47.6 Å². The van der Waals surface area contributed by atoms with Gasteiger partial charge in [0.2, 0.25) is 0 Å². The van der Waals surface area contributed by atoms with Crippen molar-refractivity contribution in [2.45, 2.75) is 9.79 Å². The largest absolute Gasteiger partial charge is 0.330 e. The lowest BCUT2D eigenvalue weighted by Crippen LogP contribution is -2.21. The van der Waals surface area contributed by atoms with Gasteiger partial charge in [0.25, 0.3) is 0 Å². The van der Waals surface area contributed by atoms with E-state index in [1.165, 1.54) is 0 Å². The molecule has 6 nitrogen and oxygen atoms in total. The third-order valence-electron chi connectivity index (χ3n) is 3.32. The van der Waals surface area contributed by atoms with E-state index in [1.54, 1.807) is 0 Å². The van der Waals surface area contributed by atoms with E-state index < -0.39 is 64.2 Å². The summed E-state index contributed by atoms with van der Waals surface area (Å²) in [5.74, 6) is -10.1. The van der Waals surface area contributed by atoms with Crippen LogP contribution in [0, 0.1) is 23.3 Å². The molecule has 30 heavy (non-hydrogen) atoms. The van der Waals surface area contributed by atoms with Gasteiger partial charge in [0.1, 0.15) is 9.79 Å². The van der Waals surface area contributed by atoms with Gasteiger partial charge in [0, 0.05) is 36.1 Å². The Morgan fingerprint density at radius 1 is 0.600 bits per heavy atom. The van der Waals surface area contributed by atoms with Gasteiger partial charge in [0.15, 0.2) is 42.9 Å². The topological polar surface area (TPSA) is 120 Å². The molecule has 0 radical (unpaired) electrons. The van der Waals surface area contributed by atoms with Crippen LogP contribution in [0.1, 0.15) is 0 Å². The molecule has 0 saturated heterocycles. The molecule has 178 valence electrons. The summed E-state index contributed by atoms with van der Waals surface area (Å²) in [4.78, 5) is -3.63. The molecule has 0 aromatic heterocycles. The molecular formula is C14H22Cl2F4N2O4S4. The Bertz CT molecular complexity index is 804. The molecule has 0 heterocycles. The van der Waals surface area contributed by atoms with Gasteiger partial charge >= 0.3 is 0 Å². The van der Waals surface area contributed by atoms with Crippen molar-refractivity contribution in [1.82, 2.24) is 0 Å². The van der Waals surface area contributed by atoms with Gasteiger partial charge in [-0.1, -0.05) is 0 Å². The number of halogens is 6. The molecule has 1 aromatic rings. The Morgan fingerprint density at radius 2 is 0.867 bits per heavy atom. The highest BCUT2D eigenvalue weighted by Crippen LogP contribution is 2.32. The fourth-order valence-corrected chi connectivity index (χ4v) is 7.35. The second-order valence-electron chi connectivity index (χ2n) is 5.35. The summed E-state index contributed by atoms with van der Waals surface area (Å²) in [5.41, 5.74) is 10.5. The number of thioether (sulfide) groups is 2. The Morgan fingerprint density at radius 3 is 1.10 bits per heavy atom. The maximum absolute atomic E-state index is 14.3. The zero-order valence-electron chi connectivity index (χ0n) is 15.4. The lowest BCUT2D eigenvalue weighted by molar-refractivity contribution is 0.390. The molecule has 4 N–H and O–H groups in total. The van der Waals surface area contributed by atoms with Gasteiger partial charge in [0.05, 0.1) is 11.5 Å². The first-order valence-corrected chi connectivity index (χ1v) is 13.5. The van der Waals surface area contributed by atoms with Gasteiger partial charge in [-0.05, 0) is 0 Å². The zero-order chi connectivity index (χ0) is 21.5. The molecule has 0 spiro atoms. The normalized spacial score (nSPS) is 11.7. The van der Waals surface area contributed by atoms with Crippen LogP contribution in [0.4, 0.5) is 17.6 Å². The first kappa shape index (κ1) is 32.2. The minimum absolute atomic E-state index is 0. The first-order valence-electron chi connectivity index (χ1n) is 7.88. The highest BCUT2D eigenvalue weighted by molar-refractivity contribution is 8.01. The van der Waals surface area contributed by atoms with Crippen LogP contribution in [-0.2, 0) is 19.7 Å². The molecule has 0 aliphatic heterocycles. The molecule has 0 atom stereocenters. The Labute approximate surface area is 193 Å². The van der Waals surface area contributed by atoms with Gasteiger partial charge in [-0.2, -0.15) is 23.5 Å². The molecule has 0 fully saturated rings. The number of sulfone groups is 2. The van der Waals surface area contributed by atoms with E-state index in [0.717, 1.165) is 23.5 Å². The molecule has 0 aliphatic rings. The summed E-state index contributed by atoms with van der Waals surface area (Å²) in [6, 6.07) is 0. The maximum atomic E-state index is 14.3. The average Bonchev–Trinajstić information content (AvgIpc) is 2.61. The van der Waals surface area contributed by atoms with Crippen LogP contribution in [-0.4, -0.2) is 64.4 Å². The number of hydrogen-bond donors (Lipinski definition) is 2. The van der Waals surface area contributed by atoms with Crippen LogP contribution in [0.5, 0.6) is 0 Å². The molecule has 0 bridgehead atoms. The molecule has 0 unspecified atom stereocenters. The van der Waals surface area contributed by atoms with Crippen LogP contribution < -0.4 is 11.5 Å². The molecule has 0 amide bonds. The lowest BCUT2D eigenvalue weighted by Gasteiger charge is -2.13. The maximum Gasteiger partial charge on any atom is 0.185 e. The number of hydrogen-bond acceptors (Lipinski definition) is 8. The average molecular weight is 558 g/mol. The predicted molar refractivity (Wildman–Crippen MR) is 118 cm³/mol. The quantitative estimate of drug-likeness (QED) is 0.228. The molecular weight excluding hydrogens is 535 g/mol. The van der Waals surface area contributed by atoms with E-state index in [0.29, 0.717) is 11.5 Å². The Hall–Kier alpha value is 0.0400. The Kier molecular flexibility index (Phi) is 15.3. The van der Waals surface area contributed by atoms with Crippen molar-refractivity contribution < 1.29 is 34.4 Å². The second kappa shape index (κ2) is 14.2. The summed E-state index contributed by atoms with van der Waals surface area (Å²) in [7, 11) is -9.48. The van der Waals surface area contributed by atoms with Crippen LogP contribution in [0.25, 0.3) is 0 Å². The van der Waals surface area contributed by atoms with Crippen LogP contribution in [0.15, 0.2) is 9.79 Å². The number of benzene rings is 1. The first-order chi connectivity index (χ1) is 13.0. The van der Waals surface area contributed by atoms with Crippen LogP contribution in [0.2, 0.25) is 0 Å². The fourth-order valence-electron chi connectivity index (χ4n) is 2.05. The fraction of sp³-hybridized carbons (Fsp3) is 0.571. The third kappa shape index (κ3) is 8.19. The van der Waals surface area contributed by atoms with Crippen molar-refractivity contribution in [1.29, 1.82) is 0 Å². The zero-order valence-corrected chi connectivity index (χ0v) is 20.3. The van der Waals surface area contributed by atoms with E-state index in [4.69, 9.17) is 11.5 Å². The van der Waals surface area contributed by atoms with E-state index in [2.05, 4.69) is 0 Å². The lowest BCUT2D eigenvalue weighted by atomic mass is 10.3. The highest BCUT2D eigenvalue weighted by atomic mass is 35.5. The monoisotopic (exact) mass is 556 g/mol.